The predicted molar refractivity (Wildman–Crippen MR) is 104 cm³/mol. The molecule has 0 aliphatic heterocycles. The zero-order valence-corrected chi connectivity index (χ0v) is 16.0. The average molecular weight is 379 g/mol. The van der Waals surface area contributed by atoms with Crippen molar-refractivity contribution in [3.05, 3.63) is 45.4 Å². The highest BCUT2D eigenvalue weighted by molar-refractivity contribution is 7.98. The number of thioether (sulfide) groups is 1. The second kappa shape index (κ2) is 9.58. The zero-order chi connectivity index (χ0) is 18.2. The maximum Gasteiger partial charge on any atom is 0.304 e. The molecule has 0 aliphatic rings. The van der Waals surface area contributed by atoms with E-state index in [0.717, 1.165) is 40.5 Å². The largest absolute Gasteiger partial charge is 0.481 e. The number of amides is 1. The number of nitrogens with zero attached hydrogens (tertiary/aromatic N) is 1. The lowest BCUT2D eigenvalue weighted by Gasteiger charge is -2.07. The van der Waals surface area contributed by atoms with E-state index in [0.29, 0.717) is 10.6 Å². The number of hydrogen-bond donors (Lipinski definition) is 2. The molecular weight excluding hydrogens is 356 g/mol. The van der Waals surface area contributed by atoms with Crippen LogP contribution in [0.2, 0.25) is 0 Å². The van der Waals surface area contributed by atoms with E-state index in [2.05, 4.69) is 17.2 Å². The van der Waals surface area contributed by atoms with E-state index in [-0.39, 0.29) is 12.3 Å². The molecule has 25 heavy (non-hydrogen) atoms. The van der Waals surface area contributed by atoms with Crippen LogP contribution in [-0.4, -0.2) is 27.7 Å². The molecule has 0 radical (unpaired) electrons. The number of anilines is 1. The first kappa shape index (κ1) is 19.5. The zero-order valence-electron chi connectivity index (χ0n) is 14.4. The molecule has 0 fully saturated rings. The van der Waals surface area contributed by atoms with Gasteiger partial charge in [0.15, 0.2) is 0 Å². The standard InChI is InChI=1S/C18H22N2O3S2/c1-3-5-15-19-12(2)17(25-15)18(23)20-14-7-4-6-13(10-14)11-24-9-8-16(21)22/h4,6-7,10H,3,5,8-9,11H2,1-2H3,(H,20,23)(H,21,22). The molecule has 0 spiro atoms. The summed E-state index contributed by atoms with van der Waals surface area (Å²) in [5.74, 6) is 0.382. The van der Waals surface area contributed by atoms with E-state index in [1.807, 2.05) is 31.2 Å². The Bertz CT molecular complexity index is 744. The highest BCUT2D eigenvalue weighted by Gasteiger charge is 2.15. The maximum absolute atomic E-state index is 12.5. The summed E-state index contributed by atoms with van der Waals surface area (Å²) in [4.78, 5) is 28.1. The van der Waals surface area contributed by atoms with Gasteiger partial charge in [0.25, 0.3) is 5.91 Å². The summed E-state index contributed by atoms with van der Waals surface area (Å²) in [7, 11) is 0. The summed E-state index contributed by atoms with van der Waals surface area (Å²) in [5.41, 5.74) is 2.57. The van der Waals surface area contributed by atoms with Crippen molar-refractivity contribution in [1.29, 1.82) is 0 Å². The van der Waals surface area contributed by atoms with Crippen LogP contribution in [0.5, 0.6) is 0 Å². The molecule has 1 aromatic carbocycles. The number of benzene rings is 1. The van der Waals surface area contributed by atoms with Gasteiger partial charge >= 0.3 is 5.97 Å². The fraction of sp³-hybridized carbons (Fsp3) is 0.389. The number of thiazole rings is 1. The lowest BCUT2D eigenvalue weighted by molar-refractivity contribution is -0.136. The van der Waals surface area contributed by atoms with Crippen LogP contribution in [0.1, 0.15) is 45.7 Å². The van der Waals surface area contributed by atoms with E-state index < -0.39 is 5.97 Å². The molecule has 134 valence electrons. The van der Waals surface area contributed by atoms with Gasteiger partial charge in [0.05, 0.1) is 17.1 Å². The van der Waals surface area contributed by atoms with Gasteiger partial charge < -0.3 is 10.4 Å². The van der Waals surface area contributed by atoms with Crippen LogP contribution < -0.4 is 5.32 Å². The molecule has 0 saturated carbocycles. The number of carbonyl (C=O) groups excluding carboxylic acids is 1. The summed E-state index contributed by atoms with van der Waals surface area (Å²) in [6.07, 6.45) is 2.06. The Hall–Kier alpha value is -1.86. The molecule has 0 saturated heterocycles. The fourth-order valence-electron chi connectivity index (χ4n) is 2.26. The van der Waals surface area contributed by atoms with Crippen LogP contribution in [-0.2, 0) is 17.0 Å². The van der Waals surface area contributed by atoms with Crippen molar-refractivity contribution in [1.82, 2.24) is 4.98 Å². The first-order chi connectivity index (χ1) is 12.0. The van der Waals surface area contributed by atoms with Crippen LogP contribution >= 0.6 is 23.1 Å². The van der Waals surface area contributed by atoms with Crippen molar-refractivity contribution in [2.24, 2.45) is 0 Å². The molecule has 1 aromatic heterocycles. The Labute approximate surface area is 155 Å². The van der Waals surface area contributed by atoms with Crippen LogP contribution in [0, 0.1) is 6.92 Å². The van der Waals surface area contributed by atoms with Crippen LogP contribution in [0.15, 0.2) is 24.3 Å². The molecule has 5 nitrogen and oxygen atoms in total. The number of carboxylic acid groups (broad SMARTS) is 1. The SMILES string of the molecule is CCCc1nc(C)c(C(=O)Nc2cccc(CSCCC(=O)O)c2)s1. The van der Waals surface area contributed by atoms with Crippen molar-refractivity contribution in [3.8, 4) is 0 Å². The number of aryl methyl sites for hydroxylation is 2. The minimum atomic E-state index is -0.782. The second-order valence-electron chi connectivity index (χ2n) is 5.62. The van der Waals surface area contributed by atoms with Crippen molar-refractivity contribution < 1.29 is 14.7 Å². The second-order valence-corrected chi connectivity index (χ2v) is 7.81. The number of rotatable bonds is 9. The Morgan fingerprint density at radius 1 is 1.36 bits per heavy atom. The van der Waals surface area contributed by atoms with Gasteiger partial charge in [0.2, 0.25) is 0 Å². The number of aromatic nitrogens is 1. The molecular formula is C18H22N2O3S2. The van der Waals surface area contributed by atoms with Gasteiger partial charge in [-0.2, -0.15) is 11.8 Å². The number of carbonyl (C=O) groups is 2. The van der Waals surface area contributed by atoms with Gasteiger partial charge in [-0.1, -0.05) is 19.1 Å². The highest BCUT2D eigenvalue weighted by atomic mass is 32.2. The van der Waals surface area contributed by atoms with Gasteiger partial charge in [0, 0.05) is 17.2 Å². The van der Waals surface area contributed by atoms with Crippen LogP contribution in [0.25, 0.3) is 0 Å². The predicted octanol–water partition coefficient (Wildman–Crippen LogP) is 4.36. The Morgan fingerprint density at radius 2 is 2.16 bits per heavy atom. The number of hydrogen-bond acceptors (Lipinski definition) is 5. The number of nitrogens with one attached hydrogen (secondary N) is 1. The van der Waals surface area contributed by atoms with Crippen LogP contribution in [0.4, 0.5) is 5.69 Å². The van der Waals surface area contributed by atoms with Gasteiger partial charge in [-0.25, -0.2) is 4.98 Å². The molecule has 0 unspecified atom stereocenters. The average Bonchev–Trinajstić information content (AvgIpc) is 2.93. The summed E-state index contributed by atoms with van der Waals surface area (Å²) in [5, 5.41) is 12.6. The smallest absolute Gasteiger partial charge is 0.304 e. The normalized spacial score (nSPS) is 10.6. The first-order valence-corrected chi connectivity index (χ1v) is 10.1. The molecule has 1 amide bonds. The first-order valence-electron chi connectivity index (χ1n) is 8.15. The van der Waals surface area contributed by atoms with E-state index in [4.69, 9.17) is 5.11 Å². The van der Waals surface area contributed by atoms with Crippen LogP contribution in [0.3, 0.4) is 0 Å². The lowest BCUT2D eigenvalue weighted by atomic mass is 10.2. The molecule has 2 N–H and O–H groups in total. The fourth-order valence-corrected chi connectivity index (χ4v) is 4.20. The third-order valence-electron chi connectivity index (χ3n) is 3.42. The number of carboxylic acids is 1. The topological polar surface area (TPSA) is 79.3 Å². The molecule has 1 heterocycles. The van der Waals surface area contributed by atoms with Crippen molar-refractivity contribution in [3.63, 3.8) is 0 Å². The summed E-state index contributed by atoms with van der Waals surface area (Å²) in [6.45, 7) is 3.95. The molecule has 7 heteroatoms. The third-order valence-corrected chi connectivity index (χ3v) is 5.67. The molecule has 0 aliphatic carbocycles. The minimum Gasteiger partial charge on any atom is -0.481 e. The summed E-state index contributed by atoms with van der Waals surface area (Å²) >= 11 is 3.02. The Balaban J connectivity index is 1.96. The molecule has 2 rings (SSSR count). The summed E-state index contributed by atoms with van der Waals surface area (Å²) < 4.78 is 0. The van der Waals surface area contributed by atoms with Crippen molar-refractivity contribution in [2.75, 3.05) is 11.1 Å². The molecule has 2 aromatic rings. The van der Waals surface area contributed by atoms with Gasteiger partial charge in [-0.15, -0.1) is 11.3 Å². The van der Waals surface area contributed by atoms with Gasteiger partial charge in [-0.3, -0.25) is 9.59 Å². The van der Waals surface area contributed by atoms with E-state index in [1.54, 1.807) is 11.8 Å². The minimum absolute atomic E-state index is 0.131. The van der Waals surface area contributed by atoms with Gasteiger partial charge in [0.1, 0.15) is 4.88 Å². The van der Waals surface area contributed by atoms with Gasteiger partial charge in [-0.05, 0) is 37.5 Å². The van der Waals surface area contributed by atoms with Crippen molar-refractivity contribution >= 4 is 40.7 Å². The van der Waals surface area contributed by atoms with E-state index in [1.165, 1.54) is 11.3 Å². The highest BCUT2D eigenvalue weighted by Crippen LogP contribution is 2.22. The Morgan fingerprint density at radius 3 is 2.88 bits per heavy atom. The van der Waals surface area contributed by atoms with E-state index >= 15 is 0 Å². The Kier molecular flexibility index (Phi) is 7.46. The number of aliphatic carboxylic acids is 1. The lowest BCUT2D eigenvalue weighted by Crippen LogP contribution is -2.11. The van der Waals surface area contributed by atoms with Crippen molar-refractivity contribution in [2.45, 2.75) is 38.9 Å². The molecule has 0 bridgehead atoms. The molecule has 0 atom stereocenters. The third kappa shape index (κ3) is 6.17. The quantitative estimate of drug-likeness (QED) is 0.634. The van der Waals surface area contributed by atoms with E-state index in [9.17, 15) is 9.59 Å². The summed E-state index contributed by atoms with van der Waals surface area (Å²) in [6, 6.07) is 7.65. The maximum atomic E-state index is 12.5. The monoisotopic (exact) mass is 378 g/mol.